The Morgan fingerprint density at radius 1 is 1.56 bits per heavy atom. The van der Waals surface area contributed by atoms with E-state index in [4.69, 9.17) is 5.26 Å². The van der Waals surface area contributed by atoms with Crippen molar-refractivity contribution in [3.8, 4) is 6.07 Å². The summed E-state index contributed by atoms with van der Waals surface area (Å²) in [7, 11) is 0. The first-order valence-corrected chi connectivity index (χ1v) is 6.25. The molecule has 6 nitrogen and oxygen atoms in total. The van der Waals surface area contributed by atoms with Gasteiger partial charge in [-0.2, -0.15) is 5.26 Å². The fourth-order valence-corrected chi connectivity index (χ4v) is 2.21. The molecule has 2 rings (SSSR count). The van der Waals surface area contributed by atoms with E-state index in [1.807, 2.05) is 13.0 Å². The molecular weight excluding hydrogens is 250 g/mol. The topological polar surface area (TPSA) is 87.4 Å². The van der Waals surface area contributed by atoms with Crippen LogP contribution in [-0.2, 0) is 6.54 Å². The van der Waals surface area contributed by atoms with Crippen LogP contribution < -0.4 is 5.69 Å². The minimum absolute atomic E-state index is 0.215. The fourth-order valence-electron chi connectivity index (χ4n) is 1.40. The molecule has 0 saturated heterocycles. The van der Waals surface area contributed by atoms with Crippen molar-refractivity contribution in [3.05, 3.63) is 34.4 Å². The van der Waals surface area contributed by atoms with Crippen LogP contribution in [0, 0.1) is 11.3 Å². The molecule has 0 spiro atoms. The largest absolute Gasteiger partial charge is 0.343 e. The number of pyridine rings is 1. The molecular formula is C11H11N5OS. The lowest BCUT2D eigenvalue weighted by Crippen LogP contribution is -2.17. The predicted molar refractivity (Wildman–Crippen MR) is 66.2 cm³/mol. The van der Waals surface area contributed by atoms with Crippen LogP contribution in [0.25, 0.3) is 0 Å². The highest BCUT2D eigenvalue weighted by Crippen LogP contribution is 2.22. The normalized spacial score (nSPS) is 10.2. The lowest BCUT2D eigenvalue weighted by molar-refractivity contribution is 0.603. The summed E-state index contributed by atoms with van der Waals surface area (Å²) in [5.74, 6) is 0. The summed E-state index contributed by atoms with van der Waals surface area (Å²) >= 11 is 1.29. The van der Waals surface area contributed by atoms with Crippen LogP contribution in [-0.4, -0.2) is 19.7 Å². The zero-order valence-electron chi connectivity index (χ0n) is 9.75. The SMILES string of the molecule is CCCn1c(Sc2ccc(C#N)cn2)n[nH]c1=O. The van der Waals surface area contributed by atoms with Crippen LogP contribution in [0.5, 0.6) is 0 Å². The molecule has 2 heterocycles. The third-order valence-electron chi connectivity index (χ3n) is 2.23. The number of hydrogen-bond acceptors (Lipinski definition) is 5. The third kappa shape index (κ3) is 2.60. The highest BCUT2D eigenvalue weighted by atomic mass is 32.2. The Balaban J connectivity index is 2.23. The molecule has 0 aromatic carbocycles. The number of nitriles is 1. The third-order valence-corrected chi connectivity index (χ3v) is 3.18. The van der Waals surface area contributed by atoms with Gasteiger partial charge in [0.05, 0.1) is 5.56 Å². The van der Waals surface area contributed by atoms with Gasteiger partial charge in [-0.1, -0.05) is 6.92 Å². The minimum atomic E-state index is -0.215. The van der Waals surface area contributed by atoms with Crippen molar-refractivity contribution < 1.29 is 0 Å². The summed E-state index contributed by atoms with van der Waals surface area (Å²) in [4.78, 5) is 15.6. The van der Waals surface area contributed by atoms with Gasteiger partial charge in [0, 0.05) is 12.7 Å². The van der Waals surface area contributed by atoms with Crippen molar-refractivity contribution in [1.29, 1.82) is 5.26 Å². The van der Waals surface area contributed by atoms with E-state index in [1.165, 1.54) is 18.0 Å². The maximum Gasteiger partial charge on any atom is 0.343 e. The van der Waals surface area contributed by atoms with E-state index in [9.17, 15) is 4.79 Å². The van der Waals surface area contributed by atoms with Gasteiger partial charge in [-0.3, -0.25) is 4.57 Å². The Morgan fingerprint density at radius 3 is 3.00 bits per heavy atom. The molecule has 0 atom stereocenters. The molecule has 2 aromatic rings. The van der Waals surface area contributed by atoms with E-state index in [0.717, 1.165) is 6.42 Å². The number of aromatic amines is 1. The van der Waals surface area contributed by atoms with Crippen molar-refractivity contribution >= 4 is 11.8 Å². The molecule has 1 N–H and O–H groups in total. The summed E-state index contributed by atoms with van der Waals surface area (Å²) in [5.41, 5.74) is 0.292. The fraction of sp³-hybridized carbons (Fsp3) is 0.273. The Kier molecular flexibility index (Phi) is 3.79. The molecule has 0 aliphatic rings. The molecule has 7 heteroatoms. The van der Waals surface area contributed by atoms with Crippen molar-refractivity contribution in [1.82, 2.24) is 19.7 Å². The van der Waals surface area contributed by atoms with Crippen molar-refractivity contribution in [2.24, 2.45) is 0 Å². The molecule has 0 unspecified atom stereocenters. The van der Waals surface area contributed by atoms with Gasteiger partial charge in [0.2, 0.25) is 0 Å². The average Bonchev–Trinajstić information content (AvgIpc) is 2.73. The summed E-state index contributed by atoms with van der Waals surface area (Å²) in [6.07, 6.45) is 2.35. The van der Waals surface area contributed by atoms with Gasteiger partial charge in [0.25, 0.3) is 0 Å². The van der Waals surface area contributed by atoms with Crippen LogP contribution in [0.4, 0.5) is 0 Å². The first kappa shape index (κ1) is 12.4. The van der Waals surface area contributed by atoms with Crippen molar-refractivity contribution in [2.45, 2.75) is 30.1 Å². The van der Waals surface area contributed by atoms with Gasteiger partial charge in [0.1, 0.15) is 11.1 Å². The van der Waals surface area contributed by atoms with Crippen LogP contribution in [0.1, 0.15) is 18.9 Å². The molecule has 92 valence electrons. The highest BCUT2D eigenvalue weighted by Gasteiger charge is 2.09. The first-order valence-electron chi connectivity index (χ1n) is 5.43. The smallest absolute Gasteiger partial charge is 0.270 e. The van der Waals surface area contributed by atoms with Crippen LogP contribution in [0.15, 0.2) is 33.3 Å². The quantitative estimate of drug-likeness (QED) is 0.898. The Morgan fingerprint density at radius 2 is 2.39 bits per heavy atom. The van der Waals surface area contributed by atoms with Gasteiger partial charge >= 0.3 is 5.69 Å². The van der Waals surface area contributed by atoms with E-state index >= 15 is 0 Å². The second-order valence-electron chi connectivity index (χ2n) is 3.56. The van der Waals surface area contributed by atoms with Gasteiger partial charge in [-0.15, -0.1) is 5.10 Å². The molecule has 0 saturated carbocycles. The zero-order valence-corrected chi connectivity index (χ0v) is 10.6. The van der Waals surface area contributed by atoms with E-state index in [2.05, 4.69) is 15.2 Å². The lowest BCUT2D eigenvalue weighted by Gasteiger charge is -2.02. The van der Waals surface area contributed by atoms with Crippen molar-refractivity contribution in [2.75, 3.05) is 0 Å². The molecule has 0 fully saturated rings. The molecule has 0 bridgehead atoms. The van der Waals surface area contributed by atoms with Gasteiger partial charge < -0.3 is 0 Å². The summed E-state index contributed by atoms with van der Waals surface area (Å²) in [5, 5.41) is 16.3. The second kappa shape index (κ2) is 5.51. The Labute approximate surface area is 108 Å². The number of nitrogens with zero attached hydrogens (tertiary/aromatic N) is 4. The summed E-state index contributed by atoms with van der Waals surface area (Å²) < 4.78 is 1.57. The summed E-state index contributed by atoms with van der Waals surface area (Å²) in [6.45, 7) is 2.61. The van der Waals surface area contributed by atoms with Crippen molar-refractivity contribution in [3.63, 3.8) is 0 Å². The molecule has 2 aromatic heterocycles. The standard InChI is InChI=1S/C11H11N5OS/c1-2-5-16-10(17)14-15-11(16)18-9-4-3-8(6-12)7-13-9/h3-4,7H,2,5H2,1H3,(H,14,17). The van der Waals surface area contributed by atoms with E-state index in [-0.39, 0.29) is 5.69 Å². The van der Waals surface area contributed by atoms with E-state index < -0.39 is 0 Å². The molecule has 0 amide bonds. The molecule has 18 heavy (non-hydrogen) atoms. The predicted octanol–water partition coefficient (Wildman–Crippen LogP) is 1.40. The lowest BCUT2D eigenvalue weighted by atomic mass is 10.3. The monoisotopic (exact) mass is 261 g/mol. The Hall–Kier alpha value is -2.07. The van der Waals surface area contributed by atoms with Crippen LogP contribution >= 0.6 is 11.8 Å². The van der Waals surface area contributed by atoms with E-state index in [0.29, 0.717) is 22.3 Å². The average molecular weight is 261 g/mol. The first-order chi connectivity index (χ1) is 8.74. The maximum atomic E-state index is 11.5. The summed E-state index contributed by atoms with van der Waals surface area (Å²) in [6, 6.07) is 5.42. The van der Waals surface area contributed by atoms with Gasteiger partial charge in [-0.05, 0) is 30.3 Å². The molecule has 0 aliphatic carbocycles. The number of aromatic nitrogens is 4. The Bertz CT molecular complexity index is 622. The number of nitrogens with one attached hydrogen (secondary N) is 1. The van der Waals surface area contributed by atoms with Crippen LogP contribution in [0.3, 0.4) is 0 Å². The molecule has 0 aliphatic heterocycles. The highest BCUT2D eigenvalue weighted by molar-refractivity contribution is 7.99. The number of H-pyrrole nitrogens is 1. The second-order valence-corrected chi connectivity index (χ2v) is 4.55. The number of rotatable bonds is 4. The maximum absolute atomic E-state index is 11.5. The van der Waals surface area contributed by atoms with E-state index in [1.54, 1.807) is 16.7 Å². The van der Waals surface area contributed by atoms with Gasteiger partial charge in [0.15, 0.2) is 5.16 Å². The van der Waals surface area contributed by atoms with Crippen LogP contribution in [0.2, 0.25) is 0 Å². The van der Waals surface area contributed by atoms with Gasteiger partial charge in [-0.25, -0.2) is 14.9 Å². The number of hydrogen-bond donors (Lipinski definition) is 1. The minimum Gasteiger partial charge on any atom is -0.270 e. The molecule has 0 radical (unpaired) electrons. The zero-order chi connectivity index (χ0) is 13.0.